The highest BCUT2D eigenvalue weighted by Crippen LogP contribution is 2.27. The molecule has 1 aromatic heterocycles. The summed E-state index contributed by atoms with van der Waals surface area (Å²) in [4.78, 5) is 25.3. The molecule has 0 saturated carbocycles. The van der Waals surface area contributed by atoms with E-state index in [1.54, 1.807) is 30.1 Å². The molecule has 144 valence electrons. The van der Waals surface area contributed by atoms with Crippen molar-refractivity contribution in [3.63, 3.8) is 0 Å². The molecule has 0 unspecified atom stereocenters. The third-order valence-electron chi connectivity index (χ3n) is 5.00. The molecule has 1 aliphatic rings. The van der Waals surface area contributed by atoms with Crippen LogP contribution in [0.1, 0.15) is 30.1 Å². The van der Waals surface area contributed by atoms with Gasteiger partial charge in [0.1, 0.15) is 5.69 Å². The highest BCUT2D eigenvalue weighted by molar-refractivity contribution is 5.99. The lowest BCUT2D eigenvalue weighted by atomic mass is 9.96. The number of rotatable bonds is 6. The molecule has 1 saturated heterocycles. The zero-order chi connectivity index (χ0) is 19.4. The average Bonchev–Trinajstić information content (AvgIpc) is 3.08. The molecule has 2 heterocycles. The van der Waals surface area contributed by atoms with Crippen molar-refractivity contribution in [3.05, 3.63) is 46.1 Å². The van der Waals surface area contributed by atoms with Crippen LogP contribution in [0.15, 0.2) is 30.5 Å². The van der Waals surface area contributed by atoms with E-state index in [9.17, 15) is 14.9 Å². The lowest BCUT2D eigenvalue weighted by Gasteiger charge is -2.32. The average molecular weight is 371 g/mol. The lowest BCUT2D eigenvalue weighted by Crippen LogP contribution is -2.40. The monoisotopic (exact) mass is 371 g/mol. The molecule has 8 nitrogen and oxygen atoms in total. The van der Waals surface area contributed by atoms with Gasteiger partial charge < -0.3 is 10.2 Å². The summed E-state index contributed by atoms with van der Waals surface area (Å²) in [6.07, 6.45) is 3.71. The minimum Gasteiger partial charge on any atom is -0.339 e. The van der Waals surface area contributed by atoms with Crippen LogP contribution in [0.2, 0.25) is 0 Å². The minimum atomic E-state index is -0.439. The van der Waals surface area contributed by atoms with Gasteiger partial charge in [0.15, 0.2) is 0 Å². The van der Waals surface area contributed by atoms with Gasteiger partial charge in [-0.05, 0) is 44.0 Å². The van der Waals surface area contributed by atoms with E-state index in [1.807, 2.05) is 4.90 Å². The predicted octanol–water partition coefficient (Wildman–Crippen LogP) is 2.46. The van der Waals surface area contributed by atoms with Crippen molar-refractivity contribution in [2.24, 2.45) is 13.0 Å². The molecular weight excluding hydrogens is 346 g/mol. The molecule has 0 atom stereocenters. The summed E-state index contributed by atoms with van der Waals surface area (Å²) in [5.74, 6) is 0.579. The van der Waals surface area contributed by atoms with Crippen LogP contribution in [0.25, 0.3) is 11.3 Å². The maximum absolute atomic E-state index is 13.1. The fourth-order valence-corrected chi connectivity index (χ4v) is 3.46. The van der Waals surface area contributed by atoms with Gasteiger partial charge in [0.25, 0.3) is 11.6 Å². The Morgan fingerprint density at radius 3 is 2.56 bits per heavy atom. The van der Waals surface area contributed by atoms with E-state index in [-0.39, 0.29) is 11.6 Å². The number of amides is 1. The largest absolute Gasteiger partial charge is 0.339 e. The number of nitrogens with zero attached hydrogens (tertiary/aromatic N) is 4. The second-order valence-corrected chi connectivity index (χ2v) is 6.91. The van der Waals surface area contributed by atoms with Gasteiger partial charge in [-0.1, -0.05) is 6.92 Å². The van der Waals surface area contributed by atoms with Crippen molar-refractivity contribution < 1.29 is 9.72 Å². The Hall–Kier alpha value is -2.74. The molecular formula is C19H25N5O3. The van der Waals surface area contributed by atoms with Gasteiger partial charge in [-0.3, -0.25) is 19.6 Å². The number of carbonyl (C=O) groups excluding carboxylic acids is 1. The molecule has 1 amide bonds. The molecule has 1 fully saturated rings. The van der Waals surface area contributed by atoms with Crippen molar-refractivity contribution in [2.75, 3.05) is 26.2 Å². The van der Waals surface area contributed by atoms with Crippen molar-refractivity contribution in [3.8, 4) is 11.3 Å². The molecule has 0 aliphatic carbocycles. The first-order valence-corrected chi connectivity index (χ1v) is 9.28. The highest BCUT2D eigenvalue weighted by Gasteiger charge is 2.27. The van der Waals surface area contributed by atoms with E-state index in [1.165, 1.54) is 12.1 Å². The van der Waals surface area contributed by atoms with Crippen LogP contribution in [0.4, 0.5) is 5.69 Å². The molecule has 0 spiro atoms. The Bertz CT molecular complexity index is 807. The minimum absolute atomic E-state index is 0.0188. The van der Waals surface area contributed by atoms with Crippen LogP contribution in [-0.4, -0.2) is 51.7 Å². The maximum Gasteiger partial charge on any atom is 0.269 e. The standard InChI is InChI=1S/C19H25N5O3/c1-3-20-12-14-8-10-23(11-9-14)19(25)17-13-22(2)21-18(17)15-4-6-16(7-5-15)24(26)27/h4-7,13-14,20H,3,8-12H2,1-2H3. The van der Waals surface area contributed by atoms with Gasteiger partial charge in [-0.15, -0.1) is 0 Å². The van der Waals surface area contributed by atoms with Crippen LogP contribution in [0.5, 0.6) is 0 Å². The molecule has 0 radical (unpaired) electrons. The zero-order valence-corrected chi connectivity index (χ0v) is 15.7. The highest BCUT2D eigenvalue weighted by atomic mass is 16.6. The molecule has 1 N–H and O–H groups in total. The van der Waals surface area contributed by atoms with Crippen LogP contribution in [0.3, 0.4) is 0 Å². The molecule has 2 aromatic rings. The first-order chi connectivity index (χ1) is 13.0. The Balaban J connectivity index is 1.76. The summed E-state index contributed by atoms with van der Waals surface area (Å²) >= 11 is 0. The summed E-state index contributed by atoms with van der Waals surface area (Å²) in [5.41, 5.74) is 1.82. The van der Waals surface area contributed by atoms with Gasteiger partial charge in [-0.25, -0.2) is 0 Å². The number of hydrogen-bond donors (Lipinski definition) is 1. The van der Waals surface area contributed by atoms with E-state index >= 15 is 0 Å². The number of benzene rings is 1. The number of nitrogens with one attached hydrogen (secondary N) is 1. The Morgan fingerprint density at radius 2 is 1.96 bits per heavy atom. The maximum atomic E-state index is 13.1. The van der Waals surface area contributed by atoms with E-state index < -0.39 is 4.92 Å². The van der Waals surface area contributed by atoms with Gasteiger partial charge in [0.2, 0.25) is 0 Å². The lowest BCUT2D eigenvalue weighted by molar-refractivity contribution is -0.384. The third-order valence-corrected chi connectivity index (χ3v) is 5.00. The fourth-order valence-electron chi connectivity index (χ4n) is 3.46. The van der Waals surface area contributed by atoms with Gasteiger partial charge >= 0.3 is 0 Å². The second kappa shape index (κ2) is 8.30. The van der Waals surface area contributed by atoms with E-state index in [4.69, 9.17) is 0 Å². The number of aryl methyl sites for hydroxylation is 1. The molecule has 27 heavy (non-hydrogen) atoms. The molecule has 1 aromatic carbocycles. The molecule has 8 heteroatoms. The number of non-ortho nitro benzene ring substituents is 1. The normalized spacial score (nSPS) is 15.1. The summed E-state index contributed by atoms with van der Waals surface area (Å²) in [7, 11) is 1.77. The van der Waals surface area contributed by atoms with E-state index in [0.29, 0.717) is 22.7 Å². The Kier molecular flexibility index (Phi) is 5.85. The fraction of sp³-hybridized carbons (Fsp3) is 0.474. The van der Waals surface area contributed by atoms with Crippen molar-refractivity contribution in [1.29, 1.82) is 0 Å². The number of nitro benzene ring substituents is 1. The van der Waals surface area contributed by atoms with Crippen molar-refractivity contribution >= 4 is 11.6 Å². The Morgan fingerprint density at radius 1 is 1.30 bits per heavy atom. The predicted molar refractivity (Wildman–Crippen MR) is 102 cm³/mol. The molecule has 3 rings (SSSR count). The third kappa shape index (κ3) is 4.33. The summed E-state index contributed by atoms with van der Waals surface area (Å²) in [6.45, 7) is 5.54. The zero-order valence-electron chi connectivity index (χ0n) is 15.7. The number of nitro groups is 1. The second-order valence-electron chi connectivity index (χ2n) is 6.91. The van der Waals surface area contributed by atoms with Crippen LogP contribution in [0, 0.1) is 16.0 Å². The van der Waals surface area contributed by atoms with Gasteiger partial charge in [-0.2, -0.15) is 5.10 Å². The van der Waals surface area contributed by atoms with Crippen LogP contribution < -0.4 is 5.32 Å². The first kappa shape index (κ1) is 19.0. The molecule has 0 bridgehead atoms. The number of piperidine rings is 1. The summed E-state index contributed by atoms with van der Waals surface area (Å²) in [6, 6.07) is 6.15. The molecule has 1 aliphatic heterocycles. The Labute approximate surface area is 158 Å². The number of hydrogen-bond acceptors (Lipinski definition) is 5. The summed E-state index contributed by atoms with van der Waals surface area (Å²) in [5, 5.41) is 18.6. The topological polar surface area (TPSA) is 93.3 Å². The number of aromatic nitrogens is 2. The smallest absolute Gasteiger partial charge is 0.269 e. The number of carbonyl (C=O) groups is 1. The number of likely N-dealkylation sites (tertiary alicyclic amines) is 1. The van der Waals surface area contributed by atoms with Gasteiger partial charge in [0, 0.05) is 44.0 Å². The van der Waals surface area contributed by atoms with Crippen molar-refractivity contribution in [1.82, 2.24) is 20.0 Å². The quantitative estimate of drug-likeness (QED) is 0.622. The van der Waals surface area contributed by atoms with Crippen molar-refractivity contribution in [2.45, 2.75) is 19.8 Å². The van der Waals surface area contributed by atoms with Crippen LogP contribution >= 0.6 is 0 Å². The first-order valence-electron chi connectivity index (χ1n) is 9.28. The van der Waals surface area contributed by atoms with Gasteiger partial charge in [0.05, 0.1) is 10.5 Å². The van der Waals surface area contributed by atoms with E-state index in [2.05, 4.69) is 17.3 Å². The van der Waals surface area contributed by atoms with Crippen LogP contribution in [-0.2, 0) is 7.05 Å². The summed E-state index contributed by atoms with van der Waals surface area (Å²) < 4.78 is 1.61. The van der Waals surface area contributed by atoms with E-state index in [0.717, 1.165) is 39.0 Å². The SMILES string of the molecule is CCNCC1CCN(C(=O)c2cn(C)nc2-c2ccc([N+](=O)[O-])cc2)CC1.